The number of nitrogens with zero attached hydrogens (tertiary/aromatic N) is 3. The molecule has 22 heteroatoms. The first-order valence-electron chi connectivity index (χ1n) is 23.8. The van der Waals surface area contributed by atoms with E-state index in [2.05, 4.69) is 42.2 Å². The van der Waals surface area contributed by atoms with Crippen LogP contribution >= 0.6 is 0 Å². The molecule has 0 aliphatic heterocycles. The lowest BCUT2D eigenvalue weighted by molar-refractivity contribution is -0.132. The summed E-state index contributed by atoms with van der Waals surface area (Å²) < 4.78 is 28.9. The second kappa shape index (κ2) is 28.0. The number of fused-ring (bicyclic) bond motifs is 2. The van der Waals surface area contributed by atoms with Crippen LogP contribution < -0.4 is 42.4 Å². The normalized spacial score (nSPS) is 16.7. The summed E-state index contributed by atoms with van der Waals surface area (Å²) in [7, 11) is 1.57. The van der Waals surface area contributed by atoms with Crippen molar-refractivity contribution < 1.29 is 57.2 Å². The van der Waals surface area contributed by atoms with E-state index >= 15 is 0 Å². The number of aromatic nitrogens is 3. The Morgan fingerprint density at radius 3 is 2.20 bits per heavy atom. The molecule has 1 fully saturated rings. The summed E-state index contributed by atoms with van der Waals surface area (Å²) in [6, 6.07) is 10.8. The van der Waals surface area contributed by atoms with E-state index in [0.717, 1.165) is 42.6 Å². The van der Waals surface area contributed by atoms with Gasteiger partial charge >= 0.3 is 18.3 Å². The lowest BCUT2D eigenvalue weighted by Gasteiger charge is -2.25. The maximum atomic E-state index is 13.7. The Labute approximate surface area is 407 Å². The highest BCUT2D eigenvalue weighted by atomic mass is 16.7. The van der Waals surface area contributed by atoms with Crippen molar-refractivity contribution in [2.24, 2.45) is 29.4 Å². The van der Waals surface area contributed by atoms with Gasteiger partial charge in [0.05, 0.1) is 51.0 Å². The average Bonchev–Trinajstić information content (AvgIpc) is 3.84. The fraction of sp³-hybridized carbons (Fsp3) is 0.562. The fourth-order valence-corrected chi connectivity index (χ4v) is 8.13. The van der Waals surface area contributed by atoms with Crippen LogP contribution in [0.2, 0.25) is 0 Å². The molecule has 0 spiro atoms. The number of alkyl carbamates (subject to hydrolysis) is 1. The molecule has 70 heavy (non-hydrogen) atoms. The molecule has 0 saturated heterocycles. The lowest BCUT2D eigenvalue weighted by atomic mass is 10.0. The van der Waals surface area contributed by atoms with Gasteiger partial charge in [-0.3, -0.25) is 19.2 Å². The molecule has 5 rings (SSSR count). The predicted molar refractivity (Wildman–Crippen MR) is 254 cm³/mol. The summed E-state index contributed by atoms with van der Waals surface area (Å²) in [4.78, 5) is 87.2. The topological polar surface area (TPSA) is 295 Å². The van der Waals surface area contributed by atoms with Crippen LogP contribution in [0.3, 0.4) is 0 Å². The monoisotopic (exact) mass is 977 g/mol. The highest BCUT2D eigenvalue weighted by Gasteiger charge is 2.50. The van der Waals surface area contributed by atoms with Crippen LogP contribution in [-0.2, 0) is 64.1 Å². The number of primary amides is 1. The molecule has 2 aliphatic rings. The van der Waals surface area contributed by atoms with E-state index < -0.39 is 48.1 Å². The van der Waals surface area contributed by atoms with Gasteiger partial charge in [0.1, 0.15) is 24.4 Å². The smallest absolute Gasteiger partial charge is 0.449 e. The van der Waals surface area contributed by atoms with Gasteiger partial charge in [-0.25, -0.2) is 19.1 Å². The van der Waals surface area contributed by atoms with Gasteiger partial charge in [-0.1, -0.05) is 48.9 Å². The first-order valence-corrected chi connectivity index (χ1v) is 23.8. The van der Waals surface area contributed by atoms with E-state index in [-0.39, 0.29) is 70.7 Å². The molecule has 1 aromatic heterocycles. The van der Waals surface area contributed by atoms with Crippen molar-refractivity contribution in [1.82, 2.24) is 41.6 Å². The summed E-state index contributed by atoms with van der Waals surface area (Å²) in [5, 5.41) is 24.9. The van der Waals surface area contributed by atoms with Crippen LogP contribution in [0.1, 0.15) is 74.9 Å². The van der Waals surface area contributed by atoms with Gasteiger partial charge in [0.2, 0.25) is 23.6 Å². The number of hydrogen-bond acceptors (Lipinski definition) is 14. The first kappa shape index (κ1) is 54.1. The third kappa shape index (κ3) is 18.3. The van der Waals surface area contributed by atoms with E-state index in [0.29, 0.717) is 60.9 Å². The van der Waals surface area contributed by atoms with Gasteiger partial charge in [-0.2, -0.15) is 0 Å². The average molecular weight is 977 g/mol. The number of urea groups is 1. The Kier molecular flexibility index (Phi) is 21.7. The summed E-state index contributed by atoms with van der Waals surface area (Å²) >= 11 is 0. The summed E-state index contributed by atoms with van der Waals surface area (Å²) in [5.74, 6) is -0.375. The number of benzene rings is 2. The van der Waals surface area contributed by atoms with Gasteiger partial charge in [0.25, 0.3) is 0 Å². The minimum atomic E-state index is -1.04. The van der Waals surface area contributed by atoms with Crippen LogP contribution in [-0.4, -0.2) is 122 Å². The third-order valence-corrected chi connectivity index (χ3v) is 12.1. The number of nitrogens with one attached hydrogen (secondary N) is 6. The third-order valence-electron chi connectivity index (χ3n) is 12.1. The molecule has 0 bridgehead atoms. The Bertz CT molecular complexity index is 2200. The summed E-state index contributed by atoms with van der Waals surface area (Å²) in [6.45, 7) is 7.60. The van der Waals surface area contributed by atoms with Crippen molar-refractivity contribution in [2.75, 3.05) is 58.5 Å². The number of ether oxygens (including phenoxy) is 5. The Balaban J connectivity index is 1.01. The largest absolute Gasteiger partial charge is 0.514 e. The van der Waals surface area contributed by atoms with Crippen LogP contribution in [0.25, 0.3) is 0 Å². The summed E-state index contributed by atoms with van der Waals surface area (Å²) in [5.41, 5.74) is 9.29. The molecule has 3 unspecified atom stereocenters. The lowest BCUT2D eigenvalue weighted by Crippen LogP contribution is -2.54. The van der Waals surface area contributed by atoms with E-state index in [9.17, 15) is 33.6 Å². The number of carbonyl (C=O) groups excluding carboxylic acids is 7. The Morgan fingerprint density at radius 2 is 1.50 bits per heavy atom. The SMILES string of the molecule is CNC(=O)CCOCCNC(=O)OCC1C2CCc3nnn(CCOCCC(=O)N[C@H](C(=O)N[C@@H](CCCNC(N)=O)C(=O)Nc4ccc(COC(=O)Oc5ccc(C)cc5)cc4)C(C)C)c3CCC21. The van der Waals surface area contributed by atoms with Crippen molar-refractivity contribution in [2.45, 2.75) is 97.4 Å². The van der Waals surface area contributed by atoms with Gasteiger partial charge in [0, 0.05) is 38.7 Å². The molecular formula is C48H68N10O12. The van der Waals surface area contributed by atoms with Crippen LogP contribution in [0.15, 0.2) is 48.5 Å². The standard InChI is InChI=1S/C48H68N10O12/c1-30(2)43(45(62)54-39(6-5-21-51-46(49)63)44(61)53-33-11-9-32(10-12-33)28-69-48(65)70-34-13-7-31(3)8-14-34)55-42(60)20-25-67-27-23-58-40-18-16-36-35(15-17-38(40)56-57-58)37(36)29-68-47(64)52-22-26-66-24-19-41(59)50-4/h7-14,30,35-37,39,43H,5-6,15-29H2,1-4H3,(H,50,59)(H,52,64)(H,53,61)(H,54,62)(H,55,60)(H3,49,51,63)/t35?,36?,37?,39-,43-/m0/s1. The highest BCUT2D eigenvalue weighted by Crippen LogP contribution is 2.53. The number of nitrogens with two attached hydrogens (primary N) is 1. The number of hydrogen-bond donors (Lipinski definition) is 7. The zero-order chi connectivity index (χ0) is 50.4. The minimum Gasteiger partial charge on any atom is -0.449 e. The van der Waals surface area contributed by atoms with E-state index in [1.165, 1.54) is 0 Å². The van der Waals surface area contributed by atoms with Gasteiger partial charge in [-0.15, -0.1) is 5.10 Å². The molecule has 7 amide bonds. The van der Waals surface area contributed by atoms with Gasteiger partial charge < -0.3 is 61.3 Å². The van der Waals surface area contributed by atoms with Crippen LogP contribution in [0, 0.1) is 30.6 Å². The second-order valence-corrected chi connectivity index (χ2v) is 17.6. The molecule has 8 N–H and O–H groups in total. The molecule has 2 aromatic carbocycles. The zero-order valence-corrected chi connectivity index (χ0v) is 40.4. The molecule has 0 radical (unpaired) electrons. The molecule has 2 aliphatic carbocycles. The van der Waals surface area contributed by atoms with Crippen molar-refractivity contribution in [3.05, 3.63) is 71.0 Å². The summed E-state index contributed by atoms with van der Waals surface area (Å²) in [6.07, 6.45) is 2.77. The molecule has 382 valence electrons. The molecule has 3 aromatic rings. The number of amides is 7. The van der Waals surface area contributed by atoms with Crippen molar-refractivity contribution in [3.63, 3.8) is 0 Å². The predicted octanol–water partition coefficient (Wildman–Crippen LogP) is 3.04. The van der Waals surface area contributed by atoms with Crippen molar-refractivity contribution in [3.8, 4) is 5.75 Å². The number of rotatable bonds is 27. The molecule has 1 heterocycles. The minimum absolute atomic E-state index is 0.0128. The van der Waals surface area contributed by atoms with Crippen molar-refractivity contribution >= 4 is 47.6 Å². The van der Waals surface area contributed by atoms with Crippen LogP contribution in [0.5, 0.6) is 5.75 Å². The van der Waals surface area contributed by atoms with E-state index in [1.807, 2.05) is 23.7 Å². The zero-order valence-electron chi connectivity index (χ0n) is 40.4. The molecule has 22 nitrogen and oxygen atoms in total. The molecule has 1 saturated carbocycles. The van der Waals surface area contributed by atoms with Gasteiger partial charge in [0.15, 0.2) is 0 Å². The highest BCUT2D eigenvalue weighted by molar-refractivity contribution is 5.98. The Hall–Kier alpha value is -6.81. The van der Waals surface area contributed by atoms with E-state index in [4.69, 9.17) is 29.4 Å². The maximum absolute atomic E-state index is 13.7. The van der Waals surface area contributed by atoms with Crippen molar-refractivity contribution in [1.29, 1.82) is 0 Å². The first-order chi connectivity index (χ1) is 33.7. The van der Waals surface area contributed by atoms with Crippen LogP contribution in [0.4, 0.5) is 20.1 Å². The van der Waals surface area contributed by atoms with Gasteiger partial charge in [-0.05, 0) is 98.9 Å². The Morgan fingerprint density at radius 1 is 0.800 bits per heavy atom. The maximum Gasteiger partial charge on any atom is 0.514 e. The number of carbonyl (C=O) groups is 7. The molecule has 5 atom stereocenters. The fourth-order valence-electron chi connectivity index (χ4n) is 8.13. The number of anilines is 1. The second-order valence-electron chi connectivity index (χ2n) is 17.6. The molecular weight excluding hydrogens is 909 g/mol. The van der Waals surface area contributed by atoms with E-state index in [1.54, 1.807) is 57.3 Å². The quantitative estimate of drug-likeness (QED) is 0.0329. The number of aryl methyl sites for hydroxylation is 2.